The third kappa shape index (κ3) is 5.55. The molecule has 0 atom stereocenters. The SMILES string of the molecule is O=C(CN1CCN(Cc2ccccc2)CC1)Nc1ccccc1C(F)(F)F. The average molecular weight is 377 g/mol. The van der Waals surface area contributed by atoms with E-state index in [1.165, 1.54) is 23.8 Å². The van der Waals surface area contributed by atoms with E-state index in [-0.39, 0.29) is 12.2 Å². The van der Waals surface area contributed by atoms with Crippen LogP contribution in [0.15, 0.2) is 54.6 Å². The van der Waals surface area contributed by atoms with Gasteiger partial charge >= 0.3 is 6.18 Å². The number of halogens is 3. The van der Waals surface area contributed by atoms with Gasteiger partial charge in [-0.05, 0) is 17.7 Å². The Morgan fingerprint density at radius 1 is 0.889 bits per heavy atom. The molecule has 1 fully saturated rings. The Morgan fingerprint density at radius 2 is 1.48 bits per heavy atom. The standard InChI is InChI=1S/C20H22F3N3O/c21-20(22,23)17-8-4-5-9-18(17)24-19(27)15-26-12-10-25(11-13-26)14-16-6-2-1-3-7-16/h1-9H,10-15H2,(H,24,27). The highest BCUT2D eigenvalue weighted by Crippen LogP contribution is 2.34. The lowest BCUT2D eigenvalue weighted by Crippen LogP contribution is -2.48. The first-order valence-corrected chi connectivity index (χ1v) is 8.86. The van der Waals surface area contributed by atoms with Crippen molar-refractivity contribution in [3.05, 3.63) is 65.7 Å². The van der Waals surface area contributed by atoms with Crippen LogP contribution in [0, 0.1) is 0 Å². The van der Waals surface area contributed by atoms with Crippen LogP contribution in [0.2, 0.25) is 0 Å². The van der Waals surface area contributed by atoms with E-state index in [1.807, 2.05) is 23.1 Å². The van der Waals surface area contributed by atoms with Crippen molar-refractivity contribution < 1.29 is 18.0 Å². The Balaban J connectivity index is 1.49. The number of alkyl halides is 3. The quantitative estimate of drug-likeness (QED) is 0.867. The molecule has 4 nitrogen and oxygen atoms in total. The predicted molar refractivity (Wildman–Crippen MR) is 98.2 cm³/mol. The molecular weight excluding hydrogens is 355 g/mol. The molecule has 0 aliphatic carbocycles. The summed E-state index contributed by atoms with van der Waals surface area (Å²) in [5, 5.41) is 2.40. The van der Waals surface area contributed by atoms with Crippen molar-refractivity contribution in [3.63, 3.8) is 0 Å². The van der Waals surface area contributed by atoms with Crippen molar-refractivity contribution in [1.29, 1.82) is 0 Å². The second kappa shape index (κ2) is 8.54. The summed E-state index contributed by atoms with van der Waals surface area (Å²) in [7, 11) is 0. The van der Waals surface area contributed by atoms with Crippen molar-refractivity contribution in [3.8, 4) is 0 Å². The highest BCUT2D eigenvalue weighted by molar-refractivity contribution is 5.93. The molecule has 144 valence electrons. The fraction of sp³-hybridized carbons (Fsp3) is 0.350. The van der Waals surface area contributed by atoms with Crippen LogP contribution < -0.4 is 5.32 Å². The van der Waals surface area contributed by atoms with Crippen LogP contribution in [0.4, 0.5) is 18.9 Å². The fourth-order valence-electron chi connectivity index (χ4n) is 3.18. The molecular formula is C20H22F3N3O. The van der Waals surface area contributed by atoms with Crippen molar-refractivity contribution in [2.75, 3.05) is 38.0 Å². The molecule has 0 spiro atoms. The van der Waals surface area contributed by atoms with Gasteiger partial charge in [-0.25, -0.2) is 0 Å². The molecule has 3 rings (SSSR count). The minimum atomic E-state index is -4.49. The van der Waals surface area contributed by atoms with Gasteiger partial charge in [0.2, 0.25) is 5.91 Å². The average Bonchev–Trinajstić information content (AvgIpc) is 2.64. The number of benzene rings is 2. The minimum absolute atomic E-state index is 0.0887. The van der Waals surface area contributed by atoms with Gasteiger partial charge in [-0.3, -0.25) is 14.6 Å². The van der Waals surface area contributed by atoms with E-state index in [0.717, 1.165) is 25.7 Å². The van der Waals surface area contributed by atoms with Crippen molar-refractivity contribution in [2.45, 2.75) is 12.7 Å². The minimum Gasteiger partial charge on any atom is -0.324 e. The van der Waals surface area contributed by atoms with Gasteiger partial charge in [-0.1, -0.05) is 42.5 Å². The van der Waals surface area contributed by atoms with Crippen LogP contribution in [0.25, 0.3) is 0 Å². The van der Waals surface area contributed by atoms with Gasteiger partial charge in [-0.2, -0.15) is 13.2 Å². The summed E-state index contributed by atoms with van der Waals surface area (Å²) in [4.78, 5) is 16.5. The number of anilines is 1. The maximum Gasteiger partial charge on any atom is 0.418 e. The van der Waals surface area contributed by atoms with Crippen LogP contribution >= 0.6 is 0 Å². The monoisotopic (exact) mass is 377 g/mol. The summed E-state index contributed by atoms with van der Waals surface area (Å²) in [5.41, 5.74) is 0.219. The summed E-state index contributed by atoms with van der Waals surface area (Å²) >= 11 is 0. The molecule has 1 amide bonds. The molecule has 2 aromatic rings. The number of nitrogens with one attached hydrogen (secondary N) is 1. The molecule has 0 aromatic heterocycles. The molecule has 7 heteroatoms. The third-order valence-corrected chi connectivity index (χ3v) is 4.59. The fourth-order valence-corrected chi connectivity index (χ4v) is 3.18. The highest BCUT2D eigenvalue weighted by Gasteiger charge is 2.33. The first-order valence-electron chi connectivity index (χ1n) is 8.86. The Labute approximate surface area is 156 Å². The first-order chi connectivity index (χ1) is 12.9. The van der Waals surface area contributed by atoms with Gasteiger partial charge in [0.15, 0.2) is 0 Å². The number of carbonyl (C=O) groups is 1. The van der Waals surface area contributed by atoms with Crippen molar-refractivity contribution in [2.24, 2.45) is 0 Å². The van der Waals surface area contributed by atoms with E-state index in [1.54, 1.807) is 0 Å². The van der Waals surface area contributed by atoms with E-state index in [0.29, 0.717) is 13.1 Å². The molecule has 1 saturated heterocycles. The van der Waals surface area contributed by atoms with Gasteiger partial charge in [-0.15, -0.1) is 0 Å². The van der Waals surface area contributed by atoms with Crippen LogP contribution in [-0.2, 0) is 17.5 Å². The second-order valence-corrected chi connectivity index (χ2v) is 6.63. The lowest BCUT2D eigenvalue weighted by atomic mass is 10.1. The highest BCUT2D eigenvalue weighted by atomic mass is 19.4. The maximum atomic E-state index is 13.0. The largest absolute Gasteiger partial charge is 0.418 e. The molecule has 0 unspecified atom stereocenters. The molecule has 1 aliphatic rings. The number of rotatable bonds is 5. The summed E-state index contributed by atoms with van der Waals surface area (Å²) in [6, 6.07) is 15.2. The van der Waals surface area contributed by atoms with Crippen molar-refractivity contribution >= 4 is 11.6 Å². The summed E-state index contributed by atoms with van der Waals surface area (Å²) < 4.78 is 39.0. The lowest BCUT2D eigenvalue weighted by Gasteiger charge is -2.34. The molecule has 0 saturated carbocycles. The Hall–Kier alpha value is -2.38. The summed E-state index contributed by atoms with van der Waals surface area (Å²) in [6.07, 6.45) is -4.49. The normalized spacial score (nSPS) is 16.3. The third-order valence-electron chi connectivity index (χ3n) is 4.59. The number of hydrogen-bond donors (Lipinski definition) is 1. The Kier molecular flexibility index (Phi) is 6.13. The maximum absolute atomic E-state index is 13.0. The van der Waals surface area contributed by atoms with Crippen LogP contribution in [0.1, 0.15) is 11.1 Å². The summed E-state index contributed by atoms with van der Waals surface area (Å²) in [5.74, 6) is -0.428. The van der Waals surface area contributed by atoms with Gasteiger partial charge < -0.3 is 5.32 Å². The van der Waals surface area contributed by atoms with Gasteiger partial charge in [0.25, 0.3) is 0 Å². The molecule has 27 heavy (non-hydrogen) atoms. The van der Waals surface area contributed by atoms with Crippen molar-refractivity contribution in [1.82, 2.24) is 9.80 Å². The zero-order valence-corrected chi connectivity index (χ0v) is 14.9. The van der Waals surface area contributed by atoms with Gasteiger partial charge in [0.05, 0.1) is 17.8 Å². The topological polar surface area (TPSA) is 35.6 Å². The zero-order chi connectivity index (χ0) is 19.3. The van der Waals surface area contributed by atoms with Gasteiger partial charge in [0.1, 0.15) is 0 Å². The van der Waals surface area contributed by atoms with E-state index >= 15 is 0 Å². The smallest absolute Gasteiger partial charge is 0.324 e. The van der Waals surface area contributed by atoms with E-state index in [2.05, 4.69) is 22.3 Å². The van der Waals surface area contributed by atoms with E-state index in [9.17, 15) is 18.0 Å². The zero-order valence-electron chi connectivity index (χ0n) is 14.9. The number of para-hydroxylation sites is 1. The first kappa shape index (κ1) is 19.4. The van der Waals surface area contributed by atoms with E-state index < -0.39 is 17.6 Å². The number of hydrogen-bond acceptors (Lipinski definition) is 3. The van der Waals surface area contributed by atoms with Crippen LogP contribution in [0.3, 0.4) is 0 Å². The molecule has 2 aromatic carbocycles. The number of amides is 1. The Morgan fingerprint density at radius 3 is 2.15 bits per heavy atom. The molecule has 0 radical (unpaired) electrons. The number of carbonyl (C=O) groups excluding carboxylic acids is 1. The molecule has 1 heterocycles. The molecule has 1 N–H and O–H groups in total. The number of nitrogens with zero attached hydrogens (tertiary/aromatic N) is 2. The lowest BCUT2D eigenvalue weighted by molar-refractivity contribution is -0.137. The van der Waals surface area contributed by atoms with Gasteiger partial charge in [0, 0.05) is 32.7 Å². The second-order valence-electron chi connectivity index (χ2n) is 6.63. The van der Waals surface area contributed by atoms with E-state index in [4.69, 9.17) is 0 Å². The van der Waals surface area contributed by atoms with Crippen LogP contribution in [0.5, 0.6) is 0 Å². The van der Waals surface area contributed by atoms with Crippen LogP contribution in [-0.4, -0.2) is 48.4 Å². The Bertz CT molecular complexity index is 757. The summed E-state index contributed by atoms with van der Waals surface area (Å²) in [6.45, 7) is 4.01. The number of piperazine rings is 1. The predicted octanol–water partition coefficient (Wildman–Crippen LogP) is 3.46. The molecule has 1 aliphatic heterocycles. The molecule has 0 bridgehead atoms.